The molecule has 0 aliphatic heterocycles. The largest absolute Gasteiger partial charge is 0.363 e. The third-order valence-electron chi connectivity index (χ3n) is 2.88. The van der Waals surface area contributed by atoms with Crippen LogP contribution in [0.25, 0.3) is 0 Å². The number of carbonyl (C=O) groups excluding carboxylic acids is 1. The van der Waals surface area contributed by atoms with Gasteiger partial charge < -0.3 is 5.11 Å². The molecular weight excluding hydrogens is 280 g/mol. The fourth-order valence-electron chi connectivity index (χ4n) is 1.85. The molecular formula is C14H12O5S. The van der Waals surface area contributed by atoms with Gasteiger partial charge in [0.05, 0.1) is 0 Å². The van der Waals surface area contributed by atoms with Crippen molar-refractivity contribution >= 4 is 15.9 Å². The summed E-state index contributed by atoms with van der Waals surface area (Å²) in [6.45, 7) is 0. The van der Waals surface area contributed by atoms with Crippen molar-refractivity contribution in [3.63, 3.8) is 0 Å². The van der Waals surface area contributed by atoms with Gasteiger partial charge in [0.1, 0.15) is 0 Å². The van der Waals surface area contributed by atoms with Gasteiger partial charge >= 0.3 is 10.1 Å². The first kappa shape index (κ1) is 14.4. The Morgan fingerprint density at radius 1 is 0.900 bits per heavy atom. The Kier molecular flexibility index (Phi) is 3.71. The van der Waals surface area contributed by atoms with E-state index < -0.39 is 20.8 Å². The molecule has 2 aromatic carbocycles. The minimum absolute atomic E-state index is 0.0171. The molecule has 20 heavy (non-hydrogen) atoms. The molecule has 6 heteroatoms. The van der Waals surface area contributed by atoms with Gasteiger partial charge in [-0.25, -0.2) is 0 Å². The first-order chi connectivity index (χ1) is 9.37. The Morgan fingerprint density at radius 2 is 1.35 bits per heavy atom. The second-order valence-corrected chi connectivity index (χ2v) is 5.72. The molecule has 1 atom stereocenters. The average Bonchev–Trinajstić information content (AvgIpc) is 2.46. The maximum Gasteiger partial charge on any atom is 0.307 e. The summed E-state index contributed by atoms with van der Waals surface area (Å²) < 4.78 is 32.4. The van der Waals surface area contributed by atoms with Gasteiger partial charge in [0.15, 0.2) is 0 Å². The molecule has 104 valence electrons. The zero-order chi connectivity index (χ0) is 14.8. The number of carbonyl (C=O) groups is 1. The number of benzene rings is 2. The maximum atomic E-state index is 12.3. The van der Waals surface area contributed by atoms with Crippen molar-refractivity contribution in [2.24, 2.45) is 0 Å². The molecule has 0 heterocycles. The monoisotopic (exact) mass is 292 g/mol. The Morgan fingerprint density at radius 3 is 1.80 bits per heavy atom. The minimum Gasteiger partial charge on any atom is -0.363 e. The van der Waals surface area contributed by atoms with E-state index in [0.717, 1.165) is 0 Å². The third kappa shape index (κ3) is 2.36. The van der Waals surface area contributed by atoms with Crippen molar-refractivity contribution in [3.8, 4) is 0 Å². The first-order valence-electron chi connectivity index (χ1n) is 5.72. The van der Waals surface area contributed by atoms with Crippen LogP contribution in [-0.2, 0) is 15.1 Å². The highest BCUT2D eigenvalue weighted by molar-refractivity contribution is 7.87. The van der Waals surface area contributed by atoms with E-state index in [1.807, 2.05) is 0 Å². The molecule has 0 radical (unpaired) electrons. The minimum atomic E-state index is -5.06. The Bertz CT molecular complexity index is 710. The second-order valence-electron chi connectivity index (χ2n) is 4.18. The highest BCUT2D eigenvalue weighted by Crippen LogP contribution is 2.30. The van der Waals surface area contributed by atoms with Gasteiger partial charge in [-0.3, -0.25) is 9.35 Å². The molecule has 0 saturated carbocycles. The Hall–Kier alpha value is -2.02. The summed E-state index contributed by atoms with van der Waals surface area (Å²) in [5.41, 5.74) is -0.229. The number of hydrogen-bond donors (Lipinski definition) is 2. The molecule has 0 aliphatic carbocycles. The molecule has 0 spiro atoms. The fraction of sp³-hybridized carbons (Fsp3) is 0.0714. The normalized spacial score (nSPS) is 14.5. The Labute approximate surface area is 116 Å². The number of Topliss-reactive ketones (excluding diaryl/α,β-unsaturated/α-hetero) is 1. The van der Waals surface area contributed by atoms with Crippen LogP contribution >= 0.6 is 0 Å². The predicted molar refractivity (Wildman–Crippen MR) is 72.7 cm³/mol. The summed E-state index contributed by atoms with van der Waals surface area (Å²) in [5.74, 6) is -1.10. The van der Waals surface area contributed by atoms with E-state index >= 15 is 0 Å². The van der Waals surface area contributed by atoms with Gasteiger partial charge in [0.2, 0.25) is 5.78 Å². The summed E-state index contributed by atoms with van der Waals surface area (Å²) in [6, 6.07) is 14.5. The summed E-state index contributed by atoms with van der Waals surface area (Å²) in [4.78, 5) is 9.31. The number of aliphatic hydroxyl groups is 1. The van der Waals surface area contributed by atoms with Crippen molar-refractivity contribution < 1.29 is 22.9 Å². The van der Waals surface area contributed by atoms with Crippen molar-refractivity contribution in [1.29, 1.82) is 0 Å². The van der Waals surface area contributed by atoms with Gasteiger partial charge in [-0.2, -0.15) is 8.42 Å². The van der Waals surface area contributed by atoms with Crippen LogP contribution in [0.1, 0.15) is 15.9 Å². The average molecular weight is 292 g/mol. The van der Waals surface area contributed by atoms with E-state index in [9.17, 15) is 22.9 Å². The molecule has 2 N–H and O–H groups in total. The molecule has 0 aromatic heterocycles. The number of rotatable bonds is 4. The van der Waals surface area contributed by atoms with Crippen LogP contribution in [0.15, 0.2) is 60.7 Å². The SMILES string of the molecule is O=C(c1ccccc1)C(O)(c1ccccc1)S(=O)(=O)O. The van der Waals surface area contributed by atoms with Gasteiger partial charge in [0, 0.05) is 11.1 Å². The summed E-state index contributed by atoms with van der Waals surface area (Å²) in [5, 5.41) is 10.4. The molecule has 2 rings (SSSR count). The summed E-state index contributed by atoms with van der Waals surface area (Å²) in [7, 11) is -5.06. The molecule has 1 unspecified atom stereocenters. The van der Waals surface area contributed by atoms with Gasteiger partial charge in [-0.1, -0.05) is 60.7 Å². The molecule has 5 nitrogen and oxygen atoms in total. The van der Waals surface area contributed by atoms with Gasteiger partial charge in [0.25, 0.3) is 4.93 Å². The molecule has 0 bridgehead atoms. The highest BCUT2D eigenvalue weighted by atomic mass is 32.2. The lowest BCUT2D eigenvalue weighted by molar-refractivity contribution is 0.0602. The van der Waals surface area contributed by atoms with Crippen LogP contribution in [0.4, 0.5) is 0 Å². The van der Waals surface area contributed by atoms with Crippen LogP contribution in [0, 0.1) is 0 Å². The van der Waals surface area contributed by atoms with Crippen molar-refractivity contribution in [2.75, 3.05) is 0 Å². The van der Waals surface area contributed by atoms with Crippen molar-refractivity contribution in [1.82, 2.24) is 0 Å². The van der Waals surface area contributed by atoms with Gasteiger partial charge in [-0.15, -0.1) is 0 Å². The fourth-order valence-corrected chi connectivity index (χ4v) is 2.63. The van der Waals surface area contributed by atoms with E-state index in [-0.39, 0.29) is 11.1 Å². The van der Waals surface area contributed by atoms with E-state index in [1.54, 1.807) is 12.1 Å². The van der Waals surface area contributed by atoms with Crippen LogP contribution in [0.5, 0.6) is 0 Å². The standard InChI is InChI=1S/C14H12O5S/c15-13(11-7-3-1-4-8-11)14(16,20(17,18)19)12-9-5-2-6-10-12/h1-10,16H,(H,17,18,19). The third-order valence-corrected chi connectivity index (χ3v) is 4.05. The lowest BCUT2D eigenvalue weighted by Gasteiger charge is -2.23. The molecule has 0 saturated heterocycles. The quantitative estimate of drug-likeness (QED) is 0.659. The first-order valence-corrected chi connectivity index (χ1v) is 7.16. The topological polar surface area (TPSA) is 91.7 Å². The molecule has 2 aromatic rings. The number of hydrogen-bond acceptors (Lipinski definition) is 4. The van der Waals surface area contributed by atoms with Crippen LogP contribution in [0.3, 0.4) is 0 Å². The van der Waals surface area contributed by atoms with E-state index in [4.69, 9.17) is 0 Å². The van der Waals surface area contributed by atoms with Crippen LogP contribution in [0.2, 0.25) is 0 Å². The maximum absolute atomic E-state index is 12.3. The zero-order valence-corrected chi connectivity index (χ0v) is 11.1. The van der Waals surface area contributed by atoms with Crippen LogP contribution in [-0.4, -0.2) is 23.9 Å². The smallest absolute Gasteiger partial charge is 0.307 e. The Balaban J connectivity index is 2.64. The number of ketones is 1. The zero-order valence-electron chi connectivity index (χ0n) is 10.3. The summed E-state index contributed by atoms with van der Waals surface area (Å²) >= 11 is 0. The van der Waals surface area contributed by atoms with Crippen molar-refractivity contribution in [3.05, 3.63) is 71.8 Å². The van der Waals surface area contributed by atoms with Crippen molar-refractivity contribution in [2.45, 2.75) is 4.93 Å². The van der Waals surface area contributed by atoms with E-state index in [2.05, 4.69) is 0 Å². The lowest BCUT2D eigenvalue weighted by atomic mass is 9.99. The van der Waals surface area contributed by atoms with Gasteiger partial charge in [-0.05, 0) is 0 Å². The highest BCUT2D eigenvalue weighted by Gasteiger charge is 2.50. The van der Waals surface area contributed by atoms with E-state index in [0.29, 0.717) is 0 Å². The van der Waals surface area contributed by atoms with Crippen LogP contribution < -0.4 is 0 Å². The summed E-state index contributed by atoms with van der Waals surface area (Å²) in [6.07, 6.45) is 0. The molecule has 0 fully saturated rings. The predicted octanol–water partition coefficient (Wildman–Crippen LogP) is 1.60. The lowest BCUT2D eigenvalue weighted by Crippen LogP contribution is -2.43. The molecule has 0 amide bonds. The second kappa shape index (κ2) is 5.16. The van der Waals surface area contributed by atoms with E-state index in [1.165, 1.54) is 48.5 Å². The molecule has 0 aliphatic rings.